The number of pyridine rings is 1. The Morgan fingerprint density at radius 1 is 0.932 bits per heavy atom. The average molecular weight is 941 g/mol. The van der Waals surface area contributed by atoms with Gasteiger partial charge < -0.3 is 25.3 Å². The minimum atomic E-state index is -0.769. The van der Waals surface area contributed by atoms with Crippen LogP contribution in [0.4, 0.5) is 19.0 Å². The van der Waals surface area contributed by atoms with Crippen molar-refractivity contribution in [3.05, 3.63) is 115 Å². The summed E-state index contributed by atoms with van der Waals surface area (Å²) in [4.78, 5) is 26.8. The summed E-state index contributed by atoms with van der Waals surface area (Å²) < 4.78 is 50.6. The third-order valence-corrected chi connectivity index (χ3v) is 6.63. The van der Waals surface area contributed by atoms with Crippen LogP contribution in [0.25, 0.3) is 39.1 Å². The molecule has 0 aliphatic rings. The van der Waals surface area contributed by atoms with E-state index in [9.17, 15) is 18.0 Å². The molecule has 2 aromatic carbocycles. The van der Waals surface area contributed by atoms with Crippen molar-refractivity contribution in [2.45, 2.75) is 13.0 Å². The zero-order valence-electron chi connectivity index (χ0n) is 24.0. The van der Waals surface area contributed by atoms with Crippen molar-refractivity contribution in [3.63, 3.8) is 0 Å². The number of hydrogen-bond donors (Lipinski definition) is 1. The molecule has 0 radical (unpaired) electrons. The van der Waals surface area contributed by atoms with E-state index in [2.05, 4.69) is 15.0 Å². The number of hydrogen-bond acceptors (Lipinski definition) is 7. The second-order valence-corrected chi connectivity index (χ2v) is 9.04. The molecule has 4 aromatic heterocycles. The second-order valence-electron chi connectivity index (χ2n) is 9.04. The van der Waals surface area contributed by atoms with Crippen LogP contribution >= 0.6 is 0 Å². The topological polar surface area (TPSA) is 113 Å². The molecule has 0 unspecified atom stereocenters. The maximum atomic E-state index is 14.6. The molecule has 0 fully saturated rings. The zero-order valence-corrected chi connectivity index (χ0v) is 29.8. The van der Waals surface area contributed by atoms with E-state index in [1.807, 2.05) is 0 Å². The molecule has 1 atom stereocenters. The van der Waals surface area contributed by atoms with Crippen molar-refractivity contribution in [1.82, 2.24) is 29.1 Å². The molecule has 4 heterocycles. The molecule has 228 valence electrons. The average Bonchev–Trinajstić information content (AvgIpc) is 3.34. The molecule has 6 aromatic rings. The maximum absolute atomic E-state index is 14.6. The molecule has 0 aliphatic heterocycles. The first-order chi connectivity index (χ1) is 19.3. The molecular formula is C30H26F3N7O2W2-2. The molecule has 0 spiro atoms. The summed E-state index contributed by atoms with van der Waals surface area (Å²) in [6.45, 7) is 1.73. The minimum Gasteiger partial charge on any atom is -0.494 e. The third-order valence-electron chi connectivity index (χ3n) is 6.63. The summed E-state index contributed by atoms with van der Waals surface area (Å²) in [7, 11) is 1.36. The number of benzene rings is 2. The van der Waals surface area contributed by atoms with Gasteiger partial charge in [-0.05, 0) is 55.0 Å². The van der Waals surface area contributed by atoms with Crippen molar-refractivity contribution >= 4 is 22.5 Å². The van der Waals surface area contributed by atoms with Crippen molar-refractivity contribution < 1.29 is 60.0 Å². The normalized spacial score (nSPS) is 11.1. The van der Waals surface area contributed by atoms with Crippen LogP contribution < -0.4 is 16.0 Å². The van der Waals surface area contributed by atoms with Crippen LogP contribution in [0, 0.1) is 32.3 Å². The van der Waals surface area contributed by atoms with Gasteiger partial charge >= 0.3 is 0 Å². The Kier molecular flexibility index (Phi) is 11.8. The fraction of sp³-hybridized carbons (Fsp3) is 0.100. The fourth-order valence-electron chi connectivity index (χ4n) is 4.74. The summed E-state index contributed by atoms with van der Waals surface area (Å²) in [6.07, 6.45) is 2.29. The van der Waals surface area contributed by atoms with Gasteiger partial charge in [-0.1, -0.05) is 12.1 Å². The predicted octanol–water partition coefficient (Wildman–Crippen LogP) is 5.68. The number of rotatable bonds is 5. The van der Waals surface area contributed by atoms with Crippen LogP contribution in [0.2, 0.25) is 0 Å². The van der Waals surface area contributed by atoms with Crippen LogP contribution in [0.1, 0.15) is 18.7 Å². The molecular weight excluding hydrogens is 915 g/mol. The minimum absolute atomic E-state index is 0. The van der Waals surface area contributed by atoms with E-state index >= 15 is 0 Å². The third kappa shape index (κ3) is 6.19. The van der Waals surface area contributed by atoms with E-state index in [0.29, 0.717) is 22.3 Å². The molecule has 6 rings (SSSR count). The number of aromatic nitrogens is 6. The molecule has 0 amide bonds. The number of nitrogens with zero attached hydrogens (tertiary/aromatic N) is 6. The Balaban J connectivity index is 0.00000169. The number of anilines is 1. The summed E-state index contributed by atoms with van der Waals surface area (Å²) >= 11 is 0. The van der Waals surface area contributed by atoms with Crippen molar-refractivity contribution in [1.29, 1.82) is 0 Å². The summed E-state index contributed by atoms with van der Waals surface area (Å²) in [6, 6.07) is 11.6. The standard InChI is InChI=1S/C28H20F3N7O2.2CH3.2W/c1-14(24-22(15-4-3-5-17(29)10-15)28(39)37-12-18(30)7-9-21(37)35-24)38-27-23(26(32)33-13-34-27)25(36-38)16-6-8-20(40-2)19(31)11-16;;;;/h3-14H,1-2H3,(H2,32,33,34);2*1H3;;/q;2*-1;;/t14-;;;;/m1..../s1. The number of nitrogen functional groups attached to an aromatic ring is 1. The van der Waals surface area contributed by atoms with Crippen molar-refractivity contribution in [2.75, 3.05) is 12.8 Å². The van der Waals surface area contributed by atoms with Gasteiger partial charge in [-0.2, -0.15) is 5.10 Å². The molecule has 0 saturated heterocycles. The maximum Gasteiger partial charge on any atom is 0.266 e. The van der Waals surface area contributed by atoms with Gasteiger partial charge in [0.25, 0.3) is 5.56 Å². The summed E-state index contributed by atoms with van der Waals surface area (Å²) in [5, 5.41) is 5.08. The van der Waals surface area contributed by atoms with E-state index in [4.69, 9.17) is 15.6 Å². The van der Waals surface area contributed by atoms with Gasteiger partial charge in [0.05, 0.1) is 29.8 Å². The van der Waals surface area contributed by atoms with E-state index in [0.717, 1.165) is 10.6 Å². The quantitative estimate of drug-likeness (QED) is 0.222. The monoisotopic (exact) mass is 941 g/mol. The number of fused-ring (bicyclic) bond motifs is 2. The molecule has 0 saturated carbocycles. The van der Waals surface area contributed by atoms with Crippen LogP contribution in [0.15, 0.2) is 71.9 Å². The Morgan fingerprint density at radius 2 is 1.68 bits per heavy atom. The molecule has 2 N–H and O–H groups in total. The largest absolute Gasteiger partial charge is 0.494 e. The second kappa shape index (κ2) is 14.3. The van der Waals surface area contributed by atoms with E-state index < -0.39 is 29.1 Å². The predicted molar refractivity (Wildman–Crippen MR) is 155 cm³/mol. The molecule has 0 bridgehead atoms. The Morgan fingerprint density at radius 3 is 2.36 bits per heavy atom. The van der Waals surface area contributed by atoms with Crippen molar-refractivity contribution in [3.8, 4) is 28.1 Å². The zero-order chi connectivity index (χ0) is 28.1. The van der Waals surface area contributed by atoms with Gasteiger partial charge in [0.15, 0.2) is 17.2 Å². The summed E-state index contributed by atoms with van der Waals surface area (Å²) in [5.41, 5.74) is 7.33. The van der Waals surface area contributed by atoms with Crippen molar-refractivity contribution in [2.24, 2.45) is 0 Å². The van der Waals surface area contributed by atoms with Gasteiger partial charge in [-0.15, -0.1) is 0 Å². The number of ether oxygens (including phenoxy) is 1. The van der Waals surface area contributed by atoms with E-state index in [1.165, 1.54) is 60.6 Å². The summed E-state index contributed by atoms with van der Waals surface area (Å²) in [5.74, 6) is -1.63. The van der Waals surface area contributed by atoms with E-state index in [1.54, 1.807) is 19.1 Å². The van der Waals surface area contributed by atoms with Crippen LogP contribution in [-0.4, -0.2) is 36.2 Å². The van der Waals surface area contributed by atoms with E-state index in [-0.39, 0.29) is 91.0 Å². The smallest absolute Gasteiger partial charge is 0.266 e. The Labute approximate surface area is 279 Å². The first kappa shape index (κ1) is 36.3. The molecule has 14 heteroatoms. The first-order valence-electron chi connectivity index (χ1n) is 12.1. The SMILES string of the molecule is COc1ccc(-c2nn([C@H](C)c3nc4ccc(F)cn4c(=O)c3-c3cccc(F)c3)c3ncnc(N)c23)cc1F.[CH3-].[CH3-].[W].[W]. The van der Waals surface area contributed by atoms with Gasteiger partial charge in [0.1, 0.15) is 35.1 Å². The Hall–Kier alpha value is -3.88. The fourth-order valence-corrected chi connectivity index (χ4v) is 4.74. The van der Waals surface area contributed by atoms with Crippen LogP contribution in [-0.2, 0) is 42.1 Å². The van der Waals surface area contributed by atoms with Gasteiger partial charge in [-0.25, -0.2) is 32.8 Å². The van der Waals surface area contributed by atoms with Crippen LogP contribution in [0.3, 0.4) is 0 Å². The number of halogens is 3. The number of methoxy groups -OCH3 is 1. The van der Waals surface area contributed by atoms with Crippen LogP contribution in [0.5, 0.6) is 5.75 Å². The van der Waals surface area contributed by atoms with Gasteiger partial charge in [0.2, 0.25) is 0 Å². The Bertz CT molecular complexity index is 2020. The first-order valence-corrected chi connectivity index (χ1v) is 12.1. The van der Waals surface area contributed by atoms with Gasteiger partial charge in [-0.3, -0.25) is 9.20 Å². The molecule has 9 nitrogen and oxygen atoms in total. The van der Waals surface area contributed by atoms with Gasteiger partial charge in [0, 0.05) is 53.9 Å². The molecule has 44 heavy (non-hydrogen) atoms. The molecule has 0 aliphatic carbocycles. The number of nitrogens with two attached hydrogens (primary N) is 1.